The largest absolute Gasteiger partial charge is 0.481 e. The van der Waals surface area contributed by atoms with E-state index in [1.54, 1.807) is 6.92 Å². The van der Waals surface area contributed by atoms with Gasteiger partial charge in [-0.25, -0.2) is 0 Å². The van der Waals surface area contributed by atoms with Crippen molar-refractivity contribution in [2.75, 3.05) is 13.1 Å². The van der Waals surface area contributed by atoms with Crippen LogP contribution < -0.4 is 10.1 Å². The highest BCUT2D eigenvalue weighted by atomic mass is 16.5. The van der Waals surface area contributed by atoms with Gasteiger partial charge in [0.1, 0.15) is 5.75 Å². The van der Waals surface area contributed by atoms with Crippen molar-refractivity contribution in [2.45, 2.75) is 65.5 Å². The maximum absolute atomic E-state index is 12.4. The number of nitrogens with one attached hydrogen (secondary N) is 1. The molecule has 0 aromatic heterocycles. The maximum Gasteiger partial charge on any atom is 0.260 e. The quantitative estimate of drug-likeness (QED) is 0.846. The number of benzene rings is 1. The Morgan fingerprint density at radius 2 is 1.62 bits per heavy atom. The van der Waals surface area contributed by atoms with E-state index in [2.05, 4.69) is 19.2 Å². The van der Waals surface area contributed by atoms with Crippen LogP contribution in [0.1, 0.15) is 58.9 Å². The predicted molar refractivity (Wildman–Crippen MR) is 103 cm³/mol. The fourth-order valence-electron chi connectivity index (χ4n) is 3.12. The van der Waals surface area contributed by atoms with Gasteiger partial charge in [0, 0.05) is 25.0 Å². The average molecular weight is 360 g/mol. The van der Waals surface area contributed by atoms with Crippen LogP contribution in [0.25, 0.3) is 0 Å². The standard InChI is InChI=1S/C21H32N2O3/c1-14(2)17-6-8-19(9-7-17)26-16(5)20(24)22-18-10-12-23(13-11-18)21(25)15(3)4/h6-9,14-16,18H,10-13H2,1-5H3,(H,22,24). The molecular weight excluding hydrogens is 328 g/mol. The van der Waals surface area contributed by atoms with Gasteiger partial charge in [-0.1, -0.05) is 39.8 Å². The van der Waals surface area contributed by atoms with Crippen molar-refractivity contribution in [1.29, 1.82) is 0 Å². The molecular formula is C21H32N2O3. The smallest absolute Gasteiger partial charge is 0.260 e. The zero-order chi connectivity index (χ0) is 19.3. The third kappa shape index (κ3) is 5.48. The summed E-state index contributed by atoms with van der Waals surface area (Å²) in [4.78, 5) is 26.3. The number of carbonyl (C=O) groups excluding carboxylic acids is 2. The van der Waals surface area contributed by atoms with E-state index < -0.39 is 6.10 Å². The summed E-state index contributed by atoms with van der Waals surface area (Å²) in [6.45, 7) is 11.3. The first-order valence-corrected chi connectivity index (χ1v) is 9.63. The van der Waals surface area contributed by atoms with E-state index in [4.69, 9.17) is 4.74 Å². The highest BCUT2D eigenvalue weighted by molar-refractivity contribution is 5.81. The monoisotopic (exact) mass is 360 g/mol. The van der Waals surface area contributed by atoms with Gasteiger partial charge in [0.05, 0.1) is 0 Å². The molecule has 1 aliphatic rings. The second-order valence-corrected chi connectivity index (χ2v) is 7.75. The SMILES string of the molecule is CC(C)C(=O)N1CCC(NC(=O)C(C)Oc2ccc(C(C)C)cc2)CC1. The van der Waals surface area contributed by atoms with E-state index in [1.165, 1.54) is 5.56 Å². The number of hydrogen-bond donors (Lipinski definition) is 1. The van der Waals surface area contributed by atoms with Crippen LogP contribution in [0.15, 0.2) is 24.3 Å². The van der Waals surface area contributed by atoms with Crippen LogP contribution in [-0.2, 0) is 9.59 Å². The third-order valence-corrected chi connectivity index (χ3v) is 4.88. The number of nitrogens with zero attached hydrogens (tertiary/aromatic N) is 1. The first-order chi connectivity index (χ1) is 12.3. The van der Waals surface area contributed by atoms with Crippen LogP contribution in [-0.4, -0.2) is 41.9 Å². The molecule has 1 aromatic rings. The molecule has 1 aliphatic heterocycles. The van der Waals surface area contributed by atoms with Crippen LogP contribution in [0.5, 0.6) is 5.75 Å². The van der Waals surface area contributed by atoms with Gasteiger partial charge in [0.2, 0.25) is 5.91 Å². The van der Waals surface area contributed by atoms with Crippen LogP contribution in [0.2, 0.25) is 0 Å². The number of hydrogen-bond acceptors (Lipinski definition) is 3. The van der Waals surface area contributed by atoms with E-state index >= 15 is 0 Å². The minimum Gasteiger partial charge on any atom is -0.481 e. The third-order valence-electron chi connectivity index (χ3n) is 4.88. The van der Waals surface area contributed by atoms with E-state index in [1.807, 2.05) is 43.0 Å². The fraction of sp³-hybridized carbons (Fsp3) is 0.619. The molecule has 144 valence electrons. The number of amides is 2. The van der Waals surface area contributed by atoms with Gasteiger partial charge in [-0.05, 0) is 43.4 Å². The highest BCUT2D eigenvalue weighted by Crippen LogP contribution is 2.20. The van der Waals surface area contributed by atoms with Gasteiger partial charge < -0.3 is 15.0 Å². The summed E-state index contributed by atoms with van der Waals surface area (Å²) in [7, 11) is 0. The van der Waals surface area contributed by atoms with Crippen molar-refractivity contribution in [3.8, 4) is 5.75 Å². The van der Waals surface area contributed by atoms with Gasteiger partial charge in [0.25, 0.3) is 5.91 Å². The van der Waals surface area contributed by atoms with E-state index in [0.29, 0.717) is 24.8 Å². The summed E-state index contributed by atoms with van der Waals surface area (Å²) < 4.78 is 5.77. The van der Waals surface area contributed by atoms with Gasteiger partial charge in [-0.15, -0.1) is 0 Å². The van der Waals surface area contributed by atoms with E-state index in [9.17, 15) is 9.59 Å². The molecule has 2 amide bonds. The normalized spacial score (nSPS) is 16.7. The Balaban J connectivity index is 1.79. The molecule has 0 aliphatic carbocycles. The second kappa shape index (κ2) is 9.06. The zero-order valence-corrected chi connectivity index (χ0v) is 16.6. The molecule has 26 heavy (non-hydrogen) atoms. The van der Waals surface area contributed by atoms with Gasteiger partial charge in [-0.3, -0.25) is 9.59 Å². The Kier molecular flexibility index (Phi) is 7.06. The molecule has 1 atom stereocenters. The molecule has 1 fully saturated rings. The fourth-order valence-corrected chi connectivity index (χ4v) is 3.12. The van der Waals surface area contributed by atoms with E-state index in [0.717, 1.165) is 12.8 Å². The minimum absolute atomic E-state index is 0.0247. The maximum atomic E-state index is 12.4. The minimum atomic E-state index is -0.546. The number of carbonyl (C=O) groups is 2. The van der Waals surface area contributed by atoms with Crippen LogP contribution in [0.4, 0.5) is 0 Å². The summed E-state index contributed by atoms with van der Waals surface area (Å²) in [5.41, 5.74) is 1.25. The summed E-state index contributed by atoms with van der Waals surface area (Å²) >= 11 is 0. The molecule has 1 heterocycles. The van der Waals surface area contributed by atoms with Crippen LogP contribution in [0, 0.1) is 5.92 Å². The summed E-state index contributed by atoms with van der Waals surface area (Å²) in [5.74, 6) is 1.28. The Hall–Kier alpha value is -2.04. The molecule has 1 N–H and O–H groups in total. The Labute approximate surface area is 157 Å². The van der Waals surface area contributed by atoms with Gasteiger partial charge in [0.15, 0.2) is 6.10 Å². The molecule has 5 heteroatoms. The van der Waals surface area contributed by atoms with Crippen molar-refractivity contribution in [1.82, 2.24) is 10.2 Å². The molecule has 0 bridgehead atoms. The predicted octanol–water partition coefficient (Wildman–Crippen LogP) is 3.34. The number of ether oxygens (including phenoxy) is 1. The Bertz CT molecular complexity index is 602. The number of piperidine rings is 1. The molecule has 5 nitrogen and oxygen atoms in total. The molecule has 0 saturated carbocycles. The average Bonchev–Trinajstić information content (AvgIpc) is 2.62. The van der Waals surface area contributed by atoms with Crippen LogP contribution >= 0.6 is 0 Å². The summed E-state index contributed by atoms with van der Waals surface area (Å²) in [6, 6.07) is 8.00. The highest BCUT2D eigenvalue weighted by Gasteiger charge is 2.26. The van der Waals surface area contributed by atoms with E-state index in [-0.39, 0.29) is 23.8 Å². The molecule has 0 spiro atoms. The molecule has 0 radical (unpaired) electrons. The van der Waals surface area contributed by atoms with Crippen molar-refractivity contribution < 1.29 is 14.3 Å². The molecule has 1 saturated heterocycles. The molecule has 2 rings (SSSR count). The Morgan fingerprint density at radius 3 is 2.12 bits per heavy atom. The lowest BCUT2D eigenvalue weighted by Crippen LogP contribution is -2.49. The van der Waals surface area contributed by atoms with Gasteiger partial charge in [-0.2, -0.15) is 0 Å². The zero-order valence-electron chi connectivity index (χ0n) is 16.6. The lowest BCUT2D eigenvalue weighted by atomic mass is 10.0. The number of rotatable bonds is 6. The summed E-state index contributed by atoms with van der Waals surface area (Å²) in [5, 5.41) is 3.06. The lowest BCUT2D eigenvalue weighted by molar-refractivity contribution is -0.135. The summed E-state index contributed by atoms with van der Waals surface area (Å²) in [6.07, 6.45) is 1.04. The lowest BCUT2D eigenvalue weighted by Gasteiger charge is -2.33. The molecule has 1 aromatic carbocycles. The second-order valence-electron chi connectivity index (χ2n) is 7.75. The Morgan fingerprint density at radius 1 is 1.04 bits per heavy atom. The molecule has 1 unspecified atom stereocenters. The van der Waals surface area contributed by atoms with Crippen molar-refractivity contribution in [2.24, 2.45) is 5.92 Å². The van der Waals surface area contributed by atoms with Crippen molar-refractivity contribution >= 4 is 11.8 Å². The van der Waals surface area contributed by atoms with Crippen LogP contribution in [0.3, 0.4) is 0 Å². The topological polar surface area (TPSA) is 58.6 Å². The first kappa shape index (κ1) is 20.3. The van der Waals surface area contributed by atoms with Gasteiger partial charge >= 0.3 is 0 Å². The van der Waals surface area contributed by atoms with Crippen molar-refractivity contribution in [3.63, 3.8) is 0 Å². The number of likely N-dealkylation sites (tertiary alicyclic amines) is 1. The van der Waals surface area contributed by atoms with Crippen molar-refractivity contribution in [3.05, 3.63) is 29.8 Å². The first-order valence-electron chi connectivity index (χ1n) is 9.63.